The van der Waals surface area contributed by atoms with Crippen molar-refractivity contribution in [3.05, 3.63) is 47.9 Å². The minimum atomic E-state index is -0.342. The number of hydrogen-bond donors (Lipinski definition) is 1. The summed E-state index contributed by atoms with van der Waals surface area (Å²) < 4.78 is 10.4. The number of hydrogen-bond acceptors (Lipinski definition) is 4. The average Bonchev–Trinajstić information content (AvgIpc) is 3.41. The van der Waals surface area contributed by atoms with Crippen molar-refractivity contribution in [2.45, 2.75) is 51.4 Å². The smallest absolute Gasteiger partial charge is 0.237 e. The van der Waals surface area contributed by atoms with Crippen LogP contribution in [0.1, 0.15) is 30.5 Å². The highest BCUT2D eigenvalue weighted by atomic mass is 16.5. The van der Waals surface area contributed by atoms with E-state index in [-0.39, 0.29) is 18.6 Å². The first kappa shape index (κ1) is 18.2. The van der Waals surface area contributed by atoms with Crippen LogP contribution in [-0.2, 0) is 30.8 Å². The summed E-state index contributed by atoms with van der Waals surface area (Å²) in [5.41, 5.74) is 9.15. The molecule has 0 bridgehead atoms. The van der Waals surface area contributed by atoms with Gasteiger partial charge in [-0.2, -0.15) is 5.10 Å². The lowest BCUT2D eigenvalue weighted by Crippen LogP contribution is -2.37. The van der Waals surface area contributed by atoms with Gasteiger partial charge in [0.25, 0.3) is 0 Å². The van der Waals surface area contributed by atoms with Gasteiger partial charge in [0.05, 0.1) is 11.7 Å². The summed E-state index contributed by atoms with van der Waals surface area (Å²) in [6, 6.07) is 7.99. The Balaban J connectivity index is 1.22. The molecule has 1 fully saturated rings. The first-order chi connectivity index (χ1) is 14.2. The van der Waals surface area contributed by atoms with Crippen LogP contribution in [0.25, 0.3) is 10.9 Å². The summed E-state index contributed by atoms with van der Waals surface area (Å²) in [6.45, 7) is 4.32. The van der Waals surface area contributed by atoms with Crippen molar-refractivity contribution in [2.24, 2.45) is 5.73 Å². The Morgan fingerprint density at radius 1 is 1.21 bits per heavy atom. The lowest BCUT2D eigenvalue weighted by molar-refractivity contribution is -0.118. The number of carbonyl (C=O) groups excluding carboxylic acids is 1. The molecule has 0 radical (unpaired) electrons. The summed E-state index contributed by atoms with van der Waals surface area (Å²) in [4.78, 5) is 13.8. The topological polar surface area (TPSA) is 78.3 Å². The molecule has 2 aliphatic heterocycles. The minimum Gasteiger partial charge on any atom is -0.490 e. The molecule has 1 saturated heterocycles. The fraction of sp³-hybridized carbons (Fsp3) is 0.455. The summed E-state index contributed by atoms with van der Waals surface area (Å²) in [7, 11) is 0. The van der Waals surface area contributed by atoms with Crippen LogP contribution in [0.2, 0.25) is 0 Å². The molecule has 7 heteroatoms. The molecule has 5 rings (SSSR count). The number of benzene rings is 1. The molecular weight excluding hydrogens is 366 g/mol. The Hall–Kier alpha value is -2.80. The average molecular weight is 393 g/mol. The van der Waals surface area contributed by atoms with Gasteiger partial charge >= 0.3 is 0 Å². The maximum Gasteiger partial charge on any atom is 0.237 e. The molecule has 3 aromatic rings. The van der Waals surface area contributed by atoms with E-state index in [1.165, 1.54) is 17.7 Å². The van der Waals surface area contributed by atoms with Crippen LogP contribution in [0, 0.1) is 0 Å². The zero-order valence-electron chi connectivity index (χ0n) is 16.6. The predicted molar refractivity (Wildman–Crippen MR) is 111 cm³/mol. The predicted octanol–water partition coefficient (Wildman–Crippen LogP) is 2.31. The van der Waals surface area contributed by atoms with Crippen molar-refractivity contribution in [3.63, 3.8) is 0 Å². The lowest BCUT2D eigenvalue weighted by Gasteiger charge is -2.32. The van der Waals surface area contributed by atoms with E-state index in [2.05, 4.69) is 20.9 Å². The van der Waals surface area contributed by atoms with Crippen LogP contribution >= 0.6 is 0 Å². The van der Waals surface area contributed by atoms with Gasteiger partial charge < -0.3 is 15.0 Å². The second kappa shape index (κ2) is 7.55. The maximum atomic E-state index is 11.3. The molecule has 152 valence electrons. The van der Waals surface area contributed by atoms with Crippen LogP contribution in [0.4, 0.5) is 0 Å². The number of primary amides is 1. The molecule has 0 unspecified atom stereocenters. The van der Waals surface area contributed by atoms with Crippen LogP contribution in [0.15, 0.2) is 36.7 Å². The first-order valence-corrected chi connectivity index (χ1v) is 10.5. The van der Waals surface area contributed by atoms with Gasteiger partial charge in [0.1, 0.15) is 18.4 Å². The largest absolute Gasteiger partial charge is 0.490 e. The molecule has 0 aliphatic carbocycles. The number of aryl methyl sites for hydroxylation is 1. The van der Waals surface area contributed by atoms with Crippen molar-refractivity contribution in [2.75, 3.05) is 13.1 Å². The minimum absolute atomic E-state index is 0.184. The number of rotatable bonds is 6. The van der Waals surface area contributed by atoms with E-state index in [0.717, 1.165) is 62.1 Å². The summed E-state index contributed by atoms with van der Waals surface area (Å²) in [5.74, 6) is 0.545. The van der Waals surface area contributed by atoms with Crippen molar-refractivity contribution in [1.82, 2.24) is 19.2 Å². The number of likely N-dealkylation sites (tertiary alicyclic amines) is 1. The highest BCUT2D eigenvalue weighted by Crippen LogP contribution is 2.29. The van der Waals surface area contributed by atoms with E-state index < -0.39 is 0 Å². The monoisotopic (exact) mass is 393 g/mol. The van der Waals surface area contributed by atoms with Crippen LogP contribution in [0.5, 0.6) is 5.75 Å². The fourth-order valence-electron chi connectivity index (χ4n) is 4.67. The normalized spacial score (nSPS) is 17.7. The second-order valence-corrected chi connectivity index (χ2v) is 8.14. The van der Waals surface area contributed by atoms with Gasteiger partial charge in [-0.15, -0.1) is 0 Å². The van der Waals surface area contributed by atoms with Gasteiger partial charge in [0, 0.05) is 49.0 Å². The molecule has 1 amide bonds. The third-order valence-electron chi connectivity index (χ3n) is 6.14. The number of fused-ring (bicyclic) bond motifs is 2. The second-order valence-electron chi connectivity index (χ2n) is 8.14. The Kier molecular flexibility index (Phi) is 4.75. The molecule has 7 nitrogen and oxygen atoms in total. The van der Waals surface area contributed by atoms with E-state index in [1.807, 2.05) is 35.0 Å². The molecule has 1 aromatic carbocycles. The van der Waals surface area contributed by atoms with Gasteiger partial charge in [0.2, 0.25) is 5.91 Å². The van der Waals surface area contributed by atoms with E-state index in [1.54, 1.807) is 0 Å². The molecule has 2 aromatic heterocycles. The van der Waals surface area contributed by atoms with E-state index in [9.17, 15) is 4.79 Å². The summed E-state index contributed by atoms with van der Waals surface area (Å²) in [6.07, 6.45) is 8.58. The molecule has 0 atom stereocenters. The van der Waals surface area contributed by atoms with Crippen molar-refractivity contribution in [3.8, 4) is 5.75 Å². The number of ether oxygens (including phenoxy) is 1. The lowest BCUT2D eigenvalue weighted by atomic mass is 10.1. The number of aromatic nitrogens is 3. The van der Waals surface area contributed by atoms with Gasteiger partial charge in [0.15, 0.2) is 0 Å². The molecule has 4 heterocycles. The Morgan fingerprint density at radius 2 is 2.07 bits per heavy atom. The first-order valence-electron chi connectivity index (χ1n) is 10.5. The molecule has 2 N–H and O–H groups in total. The van der Waals surface area contributed by atoms with Gasteiger partial charge in [-0.25, -0.2) is 0 Å². The molecule has 0 spiro atoms. The number of amides is 1. The zero-order chi connectivity index (χ0) is 19.8. The van der Waals surface area contributed by atoms with Gasteiger partial charge in [-0.05, 0) is 43.9 Å². The van der Waals surface area contributed by atoms with Crippen LogP contribution in [0.3, 0.4) is 0 Å². The number of nitrogens with two attached hydrogens (primary N) is 1. The fourth-order valence-corrected chi connectivity index (χ4v) is 4.67. The Bertz CT molecular complexity index is 1030. The SMILES string of the molecule is NC(=O)Cn1ccc2c(OC3CCN(Cc4cnn5c4CCC5)CC3)cccc21. The van der Waals surface area contributed by atoms with Crippen LogP contribution in [-0.4, -0.2) is 44.3 Å². The zero-order valence-corrected chi connectivity index (χ0v) is 16.6. The van der Waals surface area contributed by atoms with E-state index >= 15 is 0 Å². The van der Waals surface area contributed by atoms with E-state index in [0.29, 0.717) is 0 Å². The summed E-state index contributed by atoms with van der Waals surface area (Å²) >= 11 is 0. The summed E-state index contributed by atoms with van der Waals surface area (Å²) in [5, 5.41) is 5.55. The van der Waals surface area contributed by atoms with Crippen molar-refractivity contribution in [1.29, 1.82) is 0 Å². The molecule has 2 aliphatic rings. The standard InChI is InChI=1S/C22H27N5O2/c23-22(28)15-26-12-8-18-20(26)3-1-5-21(18)29-17-6-10-25(11-7-17)14-16-13-24-27-9-2-4-19(16)27/h1,3,5,8,12-13,17H,2,4,6-7,9-11,14-15H2,(H2,23,28). The quantitative estimate of drug-likeness (QED) is 0.697. The molecular formula is C22H27N5O2. The highest BCUT2D eigenvalue weighted by Gasteiger charge is 2.24. The van der Waals surface area contributed by atoms with Gasteiger partial charge in [-0.1, -0.05) is 6.07 Å². The van der Waals surface area contributed by atoms with Crippen molar-refractivity contribution < 1.29 is 9.53 Å². The Labute approximate surface area is 170 Å². The van der Waals surface area contributed by atoms with E-state index in [4.69, 9.17) is 10.5 Å². The molecule has 0 saturated carbocycles. The number of nitrogens with zero attached hydrogens (tertiary/aromatic N) is 4. The molecule has 29 heavy (non-hydrogen) atoms. The highest BCUT2D eigenvalue weighted by molar-refractivity contribution is 5.87. The number of piperidine rings is 1. The third kappa shape index (κ3) is 3.62. The van der Waals surface area contributed by atoms with Gasteiger partial charge in [-0.3, -0.25) is 14.4 Å². The Morgan fingerprint density at radius 3 is 2.90 bits per heavy atom. The number of carbonyl (C=O) groups is 1. The van der Waals surface area contributed by atoms with Crippen molar-refractivity contribution >= 4 is 16.8 Å². The maximum absolute atomic E-state index is 11.3. The van der Waals surface area contributed by atoms with Crippen LogP contribution < -0.4 is 10.5 Å². The third-order valence-corrected chi connectivity index (χ3v) is 6.14.